The topological polar surface area (TPSA) is 72.0 Å². The number of aliphatic hydroxyl groups excluding tert-OH is 1. The molecule has 3 rings (SSSR count). The molecule has 1 aliphatic rings. The molecule has 25 heavy (non-hydrogen) atoms. The molecule has 0 radical (unpaired) electrons. The quantitative estimate of drug-likeness (QED) is 0.833. The van der Waals surface area contributed by atoms with Crippen LogP contribution < -0.4 is 4.90 Å². The molecule has 0 amide bonds. The number of nitrogens with zero attached hydrogens (tertiary/aromatic N) is 6. The average Bonchev–Trinajstić information content (AvgIpc) is 3.30. The van der Waals surface area contributed by atoms with Gasteiger partial charge in [0.05, 0.1) is 6.10 Å². The first-order valence-corrected chi connectivity index (χ1v) is 9.47. The van der Waals surface area contributed by atoms with Gasteiger partial charge in [-0.3, -0.25) is 9.25 Å². The molecule has 1 saturated heterocycles. The summed E-state index contributed by atoms with van der Waals surface area (Å²) in [6.45, 7) is 9.96. The van der Waals surface area contributed by atoms with Crippen molar-refractivity contribution < 1.29 is 5.11 Å². The van der Waals surface area contributed by atoms with Crippen LogP contribution in [0.25, 0.3) is 0 Å². The fourth-order valence-electron chi connectivity index (χ4n) is 3.69. The standard InChI is InChI=1S/C18H30N6O/c1-4-16(25)14(3)17-20-21-18(24(17)5-2)22-11-7-15(8-12-22)13-23-10-6-9-19-23/h6,9-10,14-16,25H,4-5,7-8,11-13H2,1-3H3. The zero-order valence-corrected chi connectivity index (χ0v) is 15.5. The van der Waals surface area contributed by atoms with E-state index >= 15 is 0 Å². The predicted molar refractivity (Wildman–Crippen MR) is 97.6 cm³/mol. The van der Waals surface area contributed by atoms with Crippen LogP contribution in [0.3, 0.4) is 0 Å². The largest absolute Gasteiger partial charge is 0.392 e. The number of aliphatic hydroxyl groups is 1. The van der Waals surface area contributed by atoms with E-state index in [1.54, 1.807) is 0 Å². The summed E-state index contributed by atoms with van der Waals surface area (Å²) in [6, 6.07) is 1.98. The van der Waals surface area contributed by atoms with Crippen molar-refractivity contribution in [1.29, 1.82) is 0 Å². The molecular formula is C18H30N6O. The Morgan fingerprint density at radius 1 is 1.24 bits per heavy atom. The maximum Gasteiger partial charge on any atom is 0.227 e. The van der Waals surface area contributed by atoms with Crippen molar-refractivity contribution >= 4 is 5.95 Å². The molecule has 2 atom stereocenters. The molecule has 138 valence electrons. The SMILES string of the molecule is CCC(O)C(C)c1nnc(N2CCC(Cn3cccn3)CC2)n1CC. The molecule has 0 aliphatic carbocycles. The predicted octanol–water partition coefficient (Wildman–Crippen LogP) is 2.29. The first-order valence-electron chi connectivity index (χ1n) is 9.47. The van der Waals surface area contributed by atoms with E-state index in [1.165, 1.54) is 0 Å². The first-order chi connectivity index (χ1) is 12.1. The van der Waals surface area contributed by atoms with Crippen molar-refractivity contribution in [3.05, 3.63) is 24.3 Å². The van der Waals surface area contributed by atoms with Gasteiger partial charge in [0.1, 0.15) is 5.82 Å². The molecule has 1 fully saturated rings. The summed E-state index contributed by atoms with van der Waals surface area (Å²) in [6.07, 6.45) is 6.50. The highest BCUT2D eigenvalue weighted by molar-refractivity contribution is 5.32. The average molecular weight is 346 g/mol. The van der Waals surface area contributed by atoms with Gasteiger partial charge in [-0.05, 0) is 38.2 Å². The van der Waals surface area contributed by atoms with E-state index in [4.69, 9.17) is 0 Å². The number of aromatic nitrogens is 5. The molecule has 2 aromatic heterocycles. The number of hydrogen-bond donors (Lipinski definition) is 1. The third kappa shape index (κ3) is 3.86. The Morgan fingerprint density at radius 2 is 2.00 bits per heavy atom. The third-order valence-electron chi connectivity index (χ3n) is 5.38. The molecule has 2 aromatic rings. The van der Waals surface area contributed by atoms with Crippen LogP contribution in [0.15, 0.2) is 18.5 Å². The minimum Gasteiger partial charge on any atom is -0.392 e. The van der Waals surface area contributed by atoms with E-state index in [1.807, 2.05) is 37.0 Å². The Morgan fingerprint density at radius 3 is 2.60 bits per heavy atom. The van der Waals surface area contributed by atoms with Gasteiger partial charge in [0.2, 0.25) is 5.95 Å². The van der Waals surface area contributed by atoms with Gasteiger partial charge in [-0.1, -0.05) is 13.8 Å². The van der Waals surface area contributed by atoms with Crippen LogP contribution in [0.1, 0.15) is 51.8 Å². The van der Waals surface area contributed by atoms with Gasteiger partial charge in [-0.15, -0.1) is 10.2 Å². The summed E-state index contributed by atoms with van der Waals surface area (Å²) in [5.41, 5.74) is 0. The minimum absolute atomic E-state index is 0.00329. The zero-order valence-electron chi connectivity index (χ0n) is 15.5. The lowest BCUT2D eigenvalue weighted by Gasteiger charge is -2.32. The van der Waals surface area contributed by atoms with Crippen LogP contribution in [0.4, 0.5) is 5.95 Å². The molecule has 2 unspecified atom stereocenters. The highest BCUT2D eigenvalue weighted by atomic mass is 16.3. The van der Waals surface area contributed by atoms with E-state index in [0.29, 0.717) is 5.92 Å². The molecule has 0 aromatic carbocycles. The van der Waals surface area contributed by atoms with Crippen molar-refractivity contribution in [2.24, 2.45) is 5.92 Å². The second kappa shape index (κ2) is 7.99. The molecular weight excluding hydrogens is 316 g/mol. The van der Waals surface area contributed by atoms with Gasteiger partial charge in [-0.25, -0.2) is 0 Å². The van der Waals surface area contributed by atoms with Crippen LogP contribution in [0.2, 0.25) is 0 Å². The lowest BCUT2D eigenvalue weighted by molar-refractivity contribution is 0.140. The van der Waals surface area contributed by atoms with Crippen LogP contribution >= 0.6 is 0 Å². The Bertz CT molecular complexity index is 645. The van der Waals surface area contributed by atoms with E-state index in [9.17, 15) is 5.11 Å². The summed E-state index contributed by atoms with van der Waals surface area (Å²) < 4.78 is 4.19. The van der Waals surface area contributed by atoms with Crippen molar-refractivity contribution in [1.82, 2.24) is 24.5 Å². The number of hydrogen-bond acceptors (Lipinski definition) is 5. The highest BCUT2D eigenvalue weighted by Gasteiger charge is 2.27. The van der Waals surface area contributed by atoms with Crippen LogP contribution in [0, 0.1) is 5.92 Å². The summed E-state index contributed by atoms with van der Waals surface area (Å²) in [5.74, 6) is 2.51. The Kier molecular flexibility index (Phi) is 5.73. The summed E-state index contributed by atoms with van der Waals surface area (Å²) in [7, 11) is 0. The van der Waals surface area contributed by atoms with E-state index in [0.717, 1.165) is 57.2 Å². The fourth-order valence-corrected chi connectivity index (χ4v) is 3.69. The van der Waals surface area contributed by atoms with Gasteiger partial charge in [0.25, 0.3) is 0 Å². The maximum absolute atomic E-state index is 10.2. The molecule has 7 heteroatoms. The Balaban J connectivity index is 1.66. The van der Waals surface area contributed by atoms with Crippen molar-refractivity contribution in [3.8, 4) is 0 Å². The van der Waals surface area contributed by atoms with Crippen molar-refractivity contribution in [2.45, 2.75) is 65.1 Å². The second-order valence-corrected chi connectivity index (χ2v) is 7.03. The van der Waals surface area contributed by atoms with Gasteiger partial charge in [-0.2, -0.15) is 5.10 Å². The monoisotopic (exact) mass is 346 g/mol. The molecule has 3 heterocycles. The molecule has 0 spiro atoms. The molecule has 7 nitrogen and oxygen atoms in total. The molecule has 0 bridgehead atoms. The van der Waals surface area contributed by atoms with E-state index in [-0.39, 0.29) is 12.0 Å². The Hall–Kier alpha value is -1.89. The first kappa shape index (κ1) is 17.9. The van der Waals surface area contributed by atoms with Gasteiger partial charge < -0.3 is 10.0 Å². The minimum atomic E-state index is -0.373. The van der Waals surface area contributed by atoms with Crippen LogP contribution in [-0.2, 0) is 13.1 Å². The lowest BCUT2D eigenvalue weighted by atomic mass is 9.97. The maximum atomic E-state index is 10.2. The Labute approximate surface area is 149 Å². The van der Waals surface area contributed by atoms with Crippen LogP contribution in [0.5, 0.6) is 0 Å². The highest BCUT2D eigenvalue weighted by Crippen LogP contribution is 2.27. The van der Waals surface area contributed by atoms with Gasteiger partial charge in [0.15, 0.2) is 0 Å². The number of rotatable bonds is 7. The third-order valence-corrected chi connectivity index (χ3v) is 5.38. The number of piperidine rings is 1. The van der Waals surface area contributed by atoms with Gasteiger partial charge >= 0.3 is 0 Å². The van der Waals surface area contributed by atoms with Crippen LogP contribution in [-0.4, -0.2) is 48.8 Å². The van der Waals surface area contributed by atoms with E-state index in [2.05, 4.69) is 31.7 Å². The smallest absolute Gasteiger partial charge is 0.227 e. The molecule has 0 saturated carbocycles. The summed E-state index contributed by atoms with van der Waals surface area (Å²) in [5, 5.41) is 23.4. The van der Waals surface area contributed by atoms with Gasteiger partial charge in [0, 0.05) is 44.5 Å². The summed E-state index contributed by atoms with van der Waals surface area (Å²) >= 11 is 0. The number of anilines is 1. The van der Waals surface area contributed by atoms with E-state index < -0.39 is 0 Å². The normalized spacial score (nSPS) is 18.5. The second-order valence-electron chi connectivity index (χ2n) is 7.03. The van der Waals surface area contributed by atoms with Crippen molar-refractivity contribution in [3.63, 3.8) is 0 Å². The zero-order chi connectivity index (χ0) is 17.8. The molecule has 1 N–H and O–H groups in total. The lowest BCUT2D eigenvalue weighted by Crippen LogP contribution is -2.37. The molecule has 1 aliphatic heterocycles. The van der Waals surface area contributed by atoms with Crippen molar-refractivity contribution in [2.75, 3.05) is 18.0 Å². The fraction of sp³-hybridized carbons (Fsp3) is 0.722. The summed E-state index contributed by atoms with van der Waals surface area (Å²) in [4.78, 5) is 2.34.